The third kappa shape index (κ3) is 3.32. The van der Waals surface area contributed by atoms with Crippen LogP contribution in [0.2, 0.25) is 0 Å². The van der Waals surface area contributed by atoms with Crippen molar-refractivity contribution in [2.45, 2.75) is 31.0 Å². The molecule has 0 aromatic heterocycles. The fraction of sp³-hybridized carbons (Fsp3) is 0.381. The van der Waals surface area contributed by atoms with Gasteiger partial charge in [-0.2, -0.15) is 0 Å². The maximum atomic E-state index is 12.6. The van der Waals surface area contributed by atoms with Crippen LogP contribution in [-0.4, -0.2) is 50.3 Å². The van der Waals surface area contributed by atoms with Gasteiger partial charge in [0.1, 0.15) is 18.3 Å². The van der Waals surface area contributed by atoms with Crippen LogP contribution in [0.25, 0.3) is 0 Å². The van der Waals surface area contributed by atoms with E-state index in [1.807, 2.05) is 30.3 Å². The maximum absolute atomic E-state index is 12.6. The first kappa shape index (κ1) is 17.5. The number of carbonyl (C=O) groups excluding carboxylic acids is 1. The van der Waals surface area contributed by atoms with Gasteiger partial charge in [-0.05, 0) is 23.8 Å². The molecule has 2 aromatic carbocycles. The van der Waals surface area contributed by atoms with Crippen molar-refractivity contribution in [3.63, 3.8) is 0 Å². The van der Waals surface area contributed by atoms with Crippen LogP contribution in [0, 0.1) is 0 Å². The number of amides is 1. The average Bonchev–Trinajstić information content (AvgIpc) is 3.44. The van der Waals surface area contributed by atoms with E-state index in [1.54, 1.807) is 18.2 Å². The molecule has 0 bridgehead atoms. The minimum Gasteiger partial charge on any atom is -0.454 e. The highest BCUT2D eigenvalue weighted by Gasteiger charge is 2.48. The Hall–Kier alpha value is -2.61. The Labute approximate surface area is 162 Å². The van der Waals surface area contributed by atoms with Crippen LogP contribution in [0.4, 0.5) is 0 Å². The van der Waals surface area contributed by atoms with Crippen LogP contribution in [-0.2, 0) is 20.8 Å². The van der Waals surface area contributed by atoms with Crippen molar-refractivity contribution < 1.29 is 28.5 Å². The van der Waals surface area contributed by atoms with E-state index < -0.39 is 0 Å². The van der Waals surface area contributed by atoms with Gasteiger partial charge < -0.3 is 29.0 Å². The molecule has 0 spiro atoms. The lowest BCUT2D eigenvalue weighted by atomic mass is 10.1. The van der Waals surface area contributed by atoms with Crippen LogP contribution < -0.4 is 14.8 Å². The topological polar surface area (TPSA) is 75.3 Å². The Kier molecular flexibility index (Phi) is 4.64. The Bertz CT molecular complexity index is 857. The molecule has 2 fully saturated rings. The number of carbonyl (C=O) groups is 1. The Morgan fingerprint density at radius 2 is 1.82 bits per heavy atom. The predicted molar refractivity (Wildman–Crippen MR) is 98.3 cm³/mol. The number of rotatable bonds is 5. The highest BCUT2D eigenvalue weighted by Crippen LogP contribution is 2.33. The predicted octanol–water partition coefficient (Wildman–Crippen LogP) is 1.90. The molecule has 0 unspecified atom stereocenters. The summed E-state index contributed by atoms with van der Waals surface area (Å²) in [6.45, 7) is 1.55. The van der Waals surface area contributed by atoms with Crippen LogP contribution in [0.1, 0.15) is 15.9 Å². The van der Waals surface area contributed by atoms with Crippen molar-refractivity contribution >= 4 is 5.91 Å². The van der Waals surface area contributed by atoms with E-state index in [-0.39, 0.29) is 37.1 Å². The normalized spacial score (nSPS) is 27.6. The Morgan fingerprint density at radius 3 is 2.71 bits per heavy atom. The van der Waals surface area contributed by atoms with E-state index in [2.05, 4.69) is 5.32 Å². The second-order valence-electron chi connectivity index (χ2n) is 7.08. The van der Waals surface area contributed by atoms with Crippen molar-refractivity contribution in [1.82, 2.24) is 5.32 Å². The zero-order valence-electron chi connectivity index (χ0n) is 15.2. The molecule has 1 N–H and O–H groups in total. The van der Waals surface area contributed by atoms with Crippen molar-refractivity contribution in [2.24, 2.45) is 0 Å². The Balaban J connectivity index is 1.19. The van der Waals surface area contributed by atoms with Gasteiger partial charge >= 0.3 is 0 Å². The van der Waals surface area contributed by atoms with E-state index >= 15 is 0 Å². The van der Waals surface area contributed by atoms with Gasteiger partial charge in [0, 0.05) is 5.56 Å². The third-order valence-electron chi connectivity index (χ3n) is 5.27. The van der Waals surface area contributed by atoms with Crippen molar-refractivity contribution in [1.29, 1.82) is 0 Å². The fourth-order valence-corrected chi connectivity index (χ4v) is 3.80. The molecule has 0 aliphatic carbocycles. The molecule has 28 heavy (non-hydrogen) atoms. The van der Waals surface area contributed by atoms with E-state index in [9.17, 15) is 4.79 Å². The SMILES string of the molecule is O=C(N[C@H]1CO[C@H]2[C@H]1OC[C@@H]2OCc1ccccc1)c1ccc2c(c1)OCO2. The second kappa shape index (κ2) is 7.43. The largest absolute Gasteiger partial charge is 0.454 e. The van der Waals surface area contributed by atoms with Gasteiger partial charge in [0.15, 0.2) is 11.5 Å². The van der Waals surface area contributed by atoms with E-state index in [0.29, 0.717) is 36.9 Å². The summed E-state index contributed by atoms with van der Waals surface area (Å²) in [7, 11) is 0. The molecule has 0 radical (unpaired) electrons. The van der Waals surface area contributed by atoms with Crippen molar-refractivity contribution in [2.75, 3.05) is 20.0 Å². The molecule has 3 aliphatic rings. The fourth-order valence-electron chi connectivity index (χ4n) is 3.80. The van der Waals surface area contributed by atoms with E-state index in [1.165, 1.54) is 0 Å². The van der Waals surface area contributed by atoms with Crippen LogP contribution in [0.15, 0.2) is 48.5 Å². The first-order chi connectivity index (χ1) is 13.8. The highest BCUT2D eigenvalue weighted by molar-refractivity contribution is 5.95. The molecule has 0 saturated carbocycles. The van der Waals surface area contributed by atoms with Crippen LogP contribution >= 0.6 is 0 Å². The molecule has 146 valence electrons. The quantitative estimate of drug-likeness (QED) is 0.850. The summed E-state index contributed by atoms with van der Waals surface area (Å²) in [5, 5.41) is 3.01. The van der Waals surface area contributed by atoms with E-state index in [0.717, 1.165) is 5.56 Å². The second-order valence-corrected chi connectivity index (χ2v) is 7.08. The number of fused-ring (bicyclic) bond motifs is 2. The molecule has 7 nitrogen and oxygen atoms in total. The lowest BCUT2D eigenvalue weighted by Crippen LogP contribution is -2.44. The van der Waals surface area contributed by atoms with Crippen LogP contribution in [0.5, 0.6) is 11.5 Å². The Morgan fingerprint density at radius 1 is 1.00 bits per heavy atom. The summed E-state index contributed by atoms with van der Waals surface area (Å²) in [6, 6.07) is 14.9. The minimum absolute atomic E-state index is 0.141. The summed E-state index contributed by atoms with van der Waals surface area (Å²) in [5.74, 6) is 1.04. The first-order valence-electron chi connectivity index (χ1n) is 9.37. The molecule has 7 heteroatoms. The molecule has 2 saturated heterocycles. The standard InChI is InChI=1S/C21H21NO6/c23-21(14-6-7-16-17(8-14)28-12-27-16)22-15-10-25-20-18(11-26-19(15)20)24-9-13-4-2-1-3-5-13/h1-8,15,18-20H,9-12H2,(H,22,23)/t15-,18-,19-,20+/m0/s1. The monoisotopic (exact) mass is 383 g/mol. The number of hydrogen-bond donors (Lipinski definition) is 1. The highest BCUT2D eigenvalue weighted by atomic mass is 16.7. The molecule has 3 heterocycles. The lowest BCUT2D eigenvalue weighted by Gasteiger charge is -2.18. The van der Waals surface area contributed by atoms with Crippen molar-refractivity contribution in [3.05, 3.63) is 59.7 Å². The minimum atomic E-state index is -0.215. The van der Waals surface area contributed by atoms with Crippen LogP contribution in [0.3, 0.4) is 0 Å². The van der Waals surface area contributed by atoms with Gasteiger partial charge in [0.2, 0.25) is 6.79 Å². The van der Waals surface area contributed by atoms with Gasteiger partial charge in [-0.15, -0.1) is 0 Å². The van der Waals surface area contributed by atoms with Gasteiger partial charge in [-0.3, -0.25) is 4.79 Å². The molecular formula is C21H21NO6. The third-order valence-corrected chi connectivity index (χ3v) is 5.27. The molecule has 2 aromatic rings. The van der Waals surface area contributed by atoms with Crippen molar-refractivity contribution in [3.8, 4) is 11.5 Å². The number of nitrogens with one attached hydrogen (secondary N) is 1. The van der Waals surface area contributed by atoms with Gasteiger partial charge in [-0.25, -0.2) is 0 Å². The molecule has 5 rings (SSSR count). The summed E-state index contributed by atoms with van der Waals surface area (Å²) < 4.78 is 28.4. The summed E-state index contributed by atoms with van der Waals surface area (Å²) in [6.07, 6.45) is -0.526. The summed E-state index contributed by atoms with van der Waals surface area (Å²) in [5.41, 5.74) is 1.62. The molecule has 4 atom stereocenters. The first-order valence-corrected chi connectivity index (χ1v) is 9.37. The summed E-state index contributed by atoms with van der Waals surface area (Å²) >= 11 is 0. The molecule has 1 amide bonds. The zero-order valence-corrected chi connectivity index (χ0v) is 15.2. The zero-order chi connectivity index (χ0) is 18.9. The average molecular weight is 383 g/mol. The lowest BCUT2D eigenvalue weighted by molar-refractivity contribution is -0.0392. The molecular weight excluding hydrogens is 362 g/mol. The molecule has 3 aliphatic heterocycles. The number of hydrogen-bond acceptors (Lipinski definition) is 6. The van der Waals surface area contributed by atoms with E-state index in [4.69, 9.17) is 23.7 Å². The maximum Gasteiger partial charge on any atom is 0.251 e. The number of ether oxygens (including phenoxy) is 5. The van der Waals surface area contributed by atoms with Gasteiger partial charge in [0.05, 0.1) is 25.9 Å². The van der Waals surface area contributed by atoms with Gasteiger partial charge in [-0.1, -0.05) is 30.3 Å². The van der Waals surface area contributed by atoms with Gasteiger partial charge in [0.25, 0.3) is 5.91 Å². The summed E-state index contributed by atoms with van der Waals surface area (Å²) in [4.78, 5) is 12.6. The number of benzene rings is 2. The smallest absolute Gasteiger partial charge is 0.251 e.